The minimum Gasteiger partial charge on any atom is -0.370 e. The number of rotatable bonds is 1. The zero-order chi connectivity index (χ0) is 7.84. The quantitative estimate of drug-likeness (QED) is 0.613. The molecule has 2 rings (SSSR count). The second-order valence-electron chi connectivity index (χ2n) is 2.69. The number of hydrogen-bond acceptors (Lipinski definition) is 3. The van der Waals surface area contributed by atoms with Crippen molar-refractivity contribution in [1.29, 1.82) is 0 Å². The predicted molar refractivity (Wildman–Crippen MR) is 39.6 cm³/mol. The largest absolute Gasteiger partial charge is 0.370 e. The van der Waals surface area contributed by atoms with E-state index >= 15 is 0 Å². The maximum Gasteiger partial charge on any atom is 0.0940 e. The van der Waals surface area contributed by atoms with Crippen molar-refractivity contribution in [1.82, 2.24) is 9.78 Å². The number of aromatic nitrogens is 2. The lowest BCUT2D eigenvalue weighted by Gasteiger charge is -1.99. The maximum atomic E-state index is 5.55. The SMILES string of the molecule is Cn1nc2c(c1CN)COC2. The summed E-state index contributed by atoms with van der Waals surface area (Å²) in [7, 11) is 1.92. The van der Waals surface area contributed by atoms with Crippen molar-refractivity contribution in [3.63, 3.8) is 0 Å². The van der Waals surface area contributed by atoms with Crippen molar-refractivity contribution in [2.45, 2.75) is 19.8 Å². The highest BCUT2D eigenvalue weighted by atomic mass is 16.5. The lowest BCUT2D eigenvalue weighted by molar-refractivity contribution is 0.130. The molecule has 1 aliphatic heterocycles. The lowest BCUT2D eigenvalue weighted by atomic mass is 10.2. The summed E-state index contributed by atoms with van der Waals surface area (Å²) in [6.07, 6.45) is 0. The third kappa shape index (κ3) is 0.868. The molecule has 0 unspecified atom stereocenters. The first-order chi connectivity index (χ1) is 5.33. The summed E-state index contributed by atoms with van der Waals surface area (Å²) in [4.78, 5) is 0. The normalized spacial score (nSPS) is 15.5. The van der Waals surface area contributed by atoms with Gasteiger partial charge in [-0.3, -0.25) is 4.68 Å². The molecule has 4 nitrogen and oxygen atoms in total. The van der Waals surface area contributed by atoms with Crippen molar-refractivity contribution in [2.75, 3.05) is 0 Å². The van der Waals surface area contributed by atoms with Gasteiger partial charge in [-0.2, -0.15) is 5.10 Å². The van der Waals surface area contributed by atoms with E-state index < -0.39 is 0 Å². The summed E-state index contributed by atoms with van der Waals surface area (Å²) >= 11 is 0. The van der Waals surface area contributed by atoms with Gasteiger partial charge < -0.3 is 10.5 Å². The highest BCUT2D eigenvalue weighted by Crippen LogP contribution is 2.21. The zero-order valence-corrected chi connectivity index (χ0v) is 6.50. The van der Waals surface area contributed by atoms with Gasteiger partial charge in [0.1, 0.15) is 0 Å². The van der Waals surface area contributed by atoms with Gasteiger partial charge in [0.05, 0.1) is 24.6 Å². The van der Waals surface area contributed by atoms with Crippen LogP contribution in [0.1, 0.15) is 17.0 Å². The Balaban J connectivity index is 2.52. The summed E-state index contributed by atoms with van der Waals surface area (Å²) < 4.78 is 7.06. The van der Waals surface area contributed by atoms with E-state index in [4.69, 9.17) is 10.5 Å². The standard InChI is InChI=1S/C7H11N3O/c1-10-7(2-8)5-3-11-4-6(5)9-10/h2-4,8H2,1H3. The Labute approximate surface area is 64.9 Å². The molecule has 11 heavy (non-hydrogen) atoms. The first-order valence-electron chi connectivity index (χ1n) is 3.64. The number of ether oxygens (including phenoxy) is 1. The summed E-state index contributed by atoms with van der Waals surface area (Å²) in [6, 6.07) is 0. The van der Waals surface area contributed by atoms with Crippen molar-refractivity contribution < 1.29 is 4.74 Å². The Hall–Kier alpha value is -0.870. The molecule has 4 heteroatoms. The first kappa shape index (κ1) is 6.82. The number of hydrogen-bond donors (Lipinski definition) is 1. The highest BCUT2D eigenvalue weighted by molar-refractivity contribution is 5.27. The van der Waals surface area contributed by atoms with Crippen molar-refractivity contribution >= 4 is 0 Å². The summed E-state index contributed by atoms with van der Waals surface area (Å²) in [5, 5.41) is 4.27. The van der Waals surface area contributed by atoms with Gasteiger partial charge in [0.25, 0.3) is 0 Å². The molecule has 0 amide bonds. The Morgan fingerprint density at radius 3 is 3.18 bits per heavy atom. The van der Waals surface area contributed by atoms with E-state index in [9.17, 15) is 0 Å². The lowest BCUT2D eigenvalue weighted by Crippen LogP contribution is -2.06. The van der Waals surface area contributed by atoms with Crippen LogP contribution in [0.4, 0.5) is 0 Å². The molecule has 0 spiro atoms. The minimum absolute atomic E-state index is 0.544. The van der Waals surface area contributed by atoms with Crippen LogP contribution in [-0.4, -0.2) is 9.78 Å². The van der Waals surface area contributed by atoms with Gasteiger partial charge in [-0.1, -0.05) is 0 Å². The van der Waals surface area contributed by atoms with Gasteiger partial charge in [0.15, 0.2) is 0 Å². The fourth-order valence-electron chi connectivity index (χ4n) is 1.45. The van der Waals surface area contributed by atoms with Crippen LogP contribution in [0.5, 0.6) is 0 Å². The molecule has 2 heterocycles. The van der Waals surface area contributed by atoms with Crippen molar-refractivity contribution in [3.8, 4) is 0 Å². The second kappa shape index (κ2) is 2.32. The van der Waals surface area contributed by atoms with Gasteiger partial charge in [0, 0.05) is 19.2 Å². The third-order valence-corrected chi connectivity index (χ3v) is 2.04. The zero-order valence-electron chi connectivity index (χ0n) is 6.50. The number of aryl methyl sites for hydroxylation is 1. The first-order valence-corrected chi connectivity index (χ1v) is 3.64. The topological polar surface area (TPSA) is 53.1 Å². The minimum atomic E-state index is 0.544. The van der Waals surface area contributed by atoms with Crippen molar-refractivity contribution in [3.05, 3.63) is 17.0 Å². The second-order valence-corrected chi connectivity index (χ2v) is 2.69. The van der Waals surface area contributed by atoms with Crippen LogP contribution in [0.25, 0.3) is 0 Å². The Kier molecular flexibility index (Phi) is 1.44. The van der Waals surface area contributed by atoms with Gasteiger partial charge in [0.2, 0.25) is 0 Å². The monoisotopic (exact) mass is 153 g/mol. The molecule has 0 fully saturated rings. The molecule has 0 atom stereocenters. The van der Waals surface area contributed by atoms with Crippen LogP contribution in [-0.2, 0) is 31.5 Å². The fourth-order valence-corrected chi connectivity index (χ4v) is 1.45. The van der Waals surface area contributed by atoms with Crippen LogP contribution in [0.3, 0.4) is 0 Å². The molecule has 0 saturated heterocycles. The number of fused-ring (bicyclic) bond motifs is 1. The van der Waals surface area contributed by atoms with E-state index in [-0.39, 0.29) is 0 Å². The average molecular weight is 153 g/mol. The van der Waals surface area contributed by atoms with E-state index in [0.29, 0.717) is 19.8 Å². The van der Waals surface area contributed by atoms with E-state index in [2.05, 4.69) is 5.10 Å². The number of nitrogens with two attached hydrogens (primary N) is 1. The van der Waals surface area contributed by atoms with Crippen LogP contribution in [0.15, 0.2) is 0 Å². The van der Waals surface area contributed by atoms with Crippen LogP contribution in [0, 0.1) is 0 Å². The fraction of sp³-hybridized carbons (Fsp3) is 0.571. The number of nitrogens with zero attached hydrogens (tertiary/aromatic N) is 2. The summed E-state index contributed by atoms with van der Waals surface area (Å²) in [5.41, 5.74) is 8.89. The molecular formula is C7H11N3O. The highest BCUT2D eigenvalue weighted by Gasteiger charge is 2.19. The van der Waals surface area contributed by atoms with Gasteiger partial charge in [-0.25, -0.2) is 0 Å². The molecule has 0 saturated carbocycles. The summed E-state index contributed by atoms with van der Waals surface area (Å²) in [5.74, 6) is 0. The molecule has 1 aliphatic rings. The molecule has 1 aromatic rings. The molecule has 0 aliphatic carbocycles. The molecular weight excluding hydrogens is 142 g/mol. The van der Waals surface area contributed by atoms with E-state index in [1.807, 2.05) is 11.7 Å². The smallest absolute Gasteiger partial charge is 0.0940 e. The van der Waals surface area contributed by atoms with Gasteiger partial charge in [-0.15, -0.1) is 0 Å². The van der Waals surface area contributed by atoms with Crippen molar-refractivity contribution in [2.24, 2.45) is 12.8 Å². The Bertz CT molecular complexity index is 279. The third-order valence-electron chi connectivity index (χ3n) is 2.04. The van der Waals surface area contributed by atoms with E-state index in [0.717, 1.165) is 11.4 Å². The molecule has 60 valence electrons. The molecule has 1 aromatic heterocycles. The maximum absolute atomic E-state index is 5.55. The van der Waals surface area contributed by atoms with E-state index in [1.54, 1.807) is 0 Å². The molecule has 0 aromatic carbocycles. The Morgan fingerprint density at radius 1 is 1.64 bits per heavy atom. The molecule has 0 bridgehead atoms. The summed E-state index contributed by atoms with van der Waals surface area (Å²) in [6.45, 7) is 1.86. The van der Waals surface area contributed by atoms with Crippen LogP contribution >= 0.6 is 0 Å². The Morgan fingerprint density at radius 2 is 2.45 bits per heavy atom. The van der Waals surface area contributed by atoms with E-state index in [1.165, 1.54) is 5.56 Å². The van der Waals surface area contributed by atoms with Crippen LogP contribution < -0.4 is 5.73 Å². The van der Waals surface area contributed by atoms with Crippen LogP contribution in [0.2, 0.25) is 0 Å². The average Bonchev–Trinajstić information content (AvgIpc) is 2.46. The molecule has 0 radical (unpaired) electrons. The predicted octanol–water partition coefficient (Wildman–Crippen LogP) is -0.0910. The van der Waals surface area contributed by atoms with Gasteiger partial charge >= 0.3 is 0 Å². The molecule has 2 N–H and O–H groups in total. The van der Waals surface area contributed by atoms with Gasteiger partial charge in [-0.05, 0) is 0 Å².